The minimum atomic E-state index is 0.392. The fourth-order valence-corrected chi connectivity index (χ4v) is 2.34. The molecule has 0 saturated carbocycles. The molecular formula is C11H15N2P. The maximum atomic E-state index is 4.44. The standard InChI is InChI=1S/C11H15N2P/c1-8-10(13(2)12-11(8)14)9-6-4-3-5-7-9/h3-8,10H,14H2,1-2H3. The van der Waals surface area contributed by atoms with Crippen LogP contribution in [0.15, 0.2) is 35.4 Å². The van der Waals surface area contributed by atoms with Crippen LogP contribution in [0.2, 0.25) is 0 Å². The molecule has 2 rings (SSSR count). The Hall–Kier alpha value is -0.880. The Morgan fingerprint density at radius 1 is 1.29 bits per heavy atom. The lowest BCUT2D eigenvalue weighted by Gasteiger charge is -2.22. The Labute approximate surface area is 87.2 Å². The number of hydrogen-bond acceptors (Lipinski definition) is 2. The molecule has 0 fully saturated rings. The molecular weight excluding hydrogens is 191 g/mol. The monoisotopic (exact) mass is 206 g/mol. The van der Waals surface area contributed by atoms with Crippen molar-refractivity contribution in [1.29, 1.82) is 0 Å². The highest BCUT2D eigenvalue weighted by molar-refractivity contribution is 7.40. The molecule has 0 spiro atoms. The first-order chi connectivity index (χ1) is 6.70. The lowest BCUT2D eigenvalue weighted by molar-refractivity contribution is 0.257. The van der Waals surface area contributed by atoms with Crippen LogP contribution in [0.4, 0.5) is 0 Å². The van der Waals surface area contributed by atoms with Gasteiger partial charge in [0.1, 0.15) is 0 Å². The molecule has 74 valence electrons. The van der Waals surface area contributed by atoms with Crippen LogP contribution in [0.3, 0.4) is 0 Å². The molecule has 0 amide bonds. The minimum Gasteiger partial charge on any atom is -0.292 e. The first-order valence-electron chi connectivity index (χ1n) is 4.82. The fourth-order valence-electron chi connectivity index (χ4n) is 1.98. The summed E-state index contributed by atoms with van der Waals surface area (Å²) in [6, 6.07) is 10.9. The van der Waals surface area contributed by atoms with Crippen LogP contribution in [-0.2, 0) is 0 Å². The summed E-state index contributed by atoms with van der Waals surface area (Å²) >= 11 is 0. The molecule has 14 heavy (non-hydrogen) atoms. The fraction of sp³-hybridized carbons (Fsp3) is 0.364. The van der Waals surface area contributed by atoms with Crippen LogP contribution < -0.4 is 0 Å². The normalized spacial score (nSPS) is 26.5. The van der Waals surface area contributed by atoms with Crippen molar-refractivity contribution >= 4 is 14.7 Å². The van der Waals surface area contributed by atoms with Gasteiger partial charge < -0.3 is 0 Å². The van der Waals surface area contributed by atoms with E-state index >= 15 is 0 Å². The Balaban J connectivity index is 2.30. The van der Waals surface area contributed by atoms with Crippen LogP contribution in [0, 0.1) is 5.92 Å². The third kappa shape index (κ3) is 1.55. The van der Waals surface area contributed by atoms with Crippen LogP contribution in [0.25, 0.3) is 0 Å². The first kappa shape index (κ1) is 9.67. The van der Waals surface area contributed by atoms with Crippen molar-refractivity contribution in [3.63, 3.8) is 0 Å². The van der Waals surface area contributed by atoms with Gasteiger partial charge in [0, 0.05) is 13.0 Å². The molecule has 0 bridgehead atoms. The van der Waals surface area contributed by atoms with Gasteiger partial charge in [0.15, 0.2) is 0 Å². The summed E-state index contributed by atoms with van der Waals surface area (Å²) in [6.45, 7) is 2.22. The van der Waals surface area contributed by atoms with E-state index in [1.165, 1.54) is 5.56 Å². The molecule has 0 saturated heterocycles. The van der Waals surface area contributed by atoms with Crippen molar-refractivity contribution < 1.29 is 0 Å². The Bertz CT molecular complexity index is 348. The quantitative estimate of drug-likeness (QED) is 0.644. The van der Waals surface area contributed by atoms with E-state index in [-0.39, 0.29) is 0 Å². The molecule has 0 radical (unpaired) electrons. The predicted molar refractivity (Wildman–Crippen MR) is 63.3 cm³/mol. The zero-order valence-electron chi connectivity index (χ0n) is 8.51. The number of rotatable bonds is 1. The van der Waals surface area contributed by atoms with E-state index in [4.69, 9.17) is 0 Å². The molecule has 1 aliphatic heterocycles. The molecule has 0 N–H and O–H groups in total. The maximum absolute atomic E-state index is 4.44. The van der Waals surface area contributed by atoms with Crippen LogP contribution in [0.5, 0.6) is 0 Å². The Morgan fingerprint density at radius 3 is 2.43 bits per heavy atom. The summed E-state index contributed by atoms with van der Waals surface area (Å²) in [5.74, 6) is 0.479. The molecule has 1 aromatic rings. The number of hydrazone groups is 1. The smallest absolute Gasteiger partial charge is 0.0798 e. The van der Waals surface area contributed by atoms with Gasteiger partial charge >= 0.3 is 0 Å². The third-order valence-electron chi connectivity index (χ3n) is 2.76. The van der Waals surface area contributed by atoms with Gasteiger partial charge in [0.2, 0.25) is 0 Å². The van der Waals surface area contributed by atoms with Crippen LogP contribution in [0.1, 0.15) is 18.5 Å². The van der Waals surface area contributed by atoms with E-state index in [2.05, 4.69) is 45.5 Å². The molecule has 2 nitrogen and oxygen atoms in total. The van der Waals surface area contributed by atoms with E-state index in [0.29, 0.717) is 12.0 Å². The second kappa shape index (κ2) is 3.70. The van der Waals surface area contributed by atoms with Gasteiger partial charge in [-0.1, -0.05) is 46.5 Å². The Kier molecular flexibility index (Phi) is 2.56. The van der Waals surface area contributed by atoms with Crippen molar-refractivity contribution in [3.8, 4) is 0 Å². The lowest BCUT2D eigenvalue weighted by Crippen LogP contribution is -2.19. The third-order valence-corrected chi connectivity index (χ3v) is 3.40. The predicted octanol–water partition coefficient (Wildman–Crippen LogP) is 2.50. The van der Waals surface area contributed by atoms with E-state index in [9.17, 15) is 0 Å². The van der Waals surface area contributed by atoms with Crippen molar-refractivity contribution in [3.05, 3.63) is 35.9 Å². The second-order valence-corrected chi connectivity index (χ2v) is 4.33. The summed E-state index contributed by atoms with van der Waals surface area (Å²) in [4.78, 5) is 0. The van der Waals surface area contributed by atoms with E-state index in [0.717, 1.165) is 5.45 Å². The molecule has 3 heteroatoms. The SMILES string of the molecule is CC1C(P)=NN(C)C1c1ccccc1. The molecule has 0 aliphatic carbocycles. The van der Waals surface area contributed by atoms with Crippen molar-refractivity contribution in [2.75, 3.05) is 7.05 Å². The Morgan fingerprint density at radius 2 is 1.93 bits per heavy atom. The van der Waals surface area contributed by atoms with Gasteiger partial charge in [0.25, 0.3) is 0 Å². The average Bonchev–Trinajstić information content (AvgIpc) is 2.43. The lowest BCUT2D eigenvalue weighted by atomic mass is 9.96. The highest BCUT2D eigenvalue weighted by atomic mass is 31.0. The van der Waals surface area contributed by atoms with E-state index in [1.807, 2.05) is 18.1 Å². The minimum absolute atomic E-state index is 0.392. The summed E-state index contributed by atoms with van der Waals surface area (Å²) < 4.78 is 0. The van der Waals surface area contributed by atoms with Crippen molar-refractivity contribution in [2.45, 2.75) is 13.0 Å². The first-order valence-corrected chi connectivity index (χ1v) is 5.39. The summed E-state index contributed by atoms with van der Waals surface area (Å²) in [7, 11) is 4.75. The molecule has 1 aromatic carbocycles. The number of nitrogens with zero attached hydrogens (tertiary/aromatic N) is 2. The maximum Gasteiger partial charge on any atom is 0.0798 e. The zero-order chi connectivity index (χ0) is 10.1. The molecule has 1 heterocycles. The summed E-state index contributed by atoms with van der Waals surface area (Å²) in [6.07, 6.45) is 0. The number of hydrogen-bond donors (Lipinski definition) is 0. The van der Waals surface area contributed by atoms with Gasteiger partial charge in [-0.05, 0) is 5.56 Å². The molecule has 0 aromatic heterocycles. The summed E-state index contributed by atoms with van der Waals surface area (Å²) in [5.41, 5.74) is 2.48. The second-order valence-electron chi connectivity index (χ2n) is 3.74. The van der Waals surface area contributed by atoms with E-state index < -0.39 is 0 Å². The van der Waals surface area contributed by atoms with Crippen LogP contribution >= 0.6 is 9.24 Å². The van der Waals surface area contributed by atoms with Gasteiger partial charge in [0.05, 0.1) is 11.5 Å². The topological polar surface area (TPSA) is 15.6 Å². The number of benzene rings is 1. The van der Waals surface area contributed by atoms with Crippen molar-refractivity contribution in [2.24, 2.45) is 11.0 Å². The average molecular weight is 206 g/mol. The molecule has 1 aliphatic rings. The van der Waals surface area contributed by atoms with Gasteiger partial charge in [-0.2, -0.15) is 5.10 Å². The molecule has 3 unspecified atom stereocenters. The van der Waals surface area contributed by atoms with Gasteiger partial charge in [-0.3, -0.25) is 5.01 Å². The van der Waals surface area contributed by atoms with Gasteiger partial charge in [-0.15, -0.1) is 0 Å². The summed E-state index contributed by atoms with van der Waals surface area (Å²) in [5, 5.41) is 6.48. The van der Waals surface area contributed by atoms with Crippen molar-refractivity contribution in [1.82, 2.24) is 5.01 Å². The van der Waals surface area contributed by atoms with Crippen LogP contribution in [-0.4, -0.2) is 17.5 Å². The largest absolute Gasteiger partial charge is 0.292 e. The highest BCUT2D eigenvalue weighted by Gasteiger charge is 2.30. The highest BCUT2D eigenvalue weighted by Crippen LogP contribution is 2.35. The van der Waals surface area contributed by atoms with E-state index in [1.54, 1.807) is 0 Å². The zero-order valence-corrected chi connectivity index (χ0v) is 9.67. The molecule has 3 atom stereocenters. The van der Waals surface area contributed by atoms with Gasteiger partial charge in [-0.25, -0.2) is 0 Å².